The van der Waals surface area contributed by atoms with Crippen molar-refractivity contribution >= 4 is 35.8 Å². The van der Waals surface area contributed by atoms with Crippen molar-refractivity contribution in [3.8, 4) is 0 Å². The monoisotopic (exact) mass is 527 g/mol. The molecule has 2 N–H and O–H groups in total. The molecule has 2 atom stereocenters. The van der Waals surface area contributed by atoms with Crippen LogP contribution in [0.2, 0.25) is 0 Å². The zero-order valence-electron chi connectivity index (χ0n) is 18.6. The number of carbonyl (C=O) groups is 1. The van der Waals surface area contributed by atoms with Crippen LogP contribution in [0, 0.1) is 11.8 Å². The highest BCUT2D eigenvalue weighted by molar-refractivity contribution is 14.0. The summed E-state index contributed by atoms with van der Waals surface area (Å²) in [4.78, 5) is 23.5. The molecular formula is C23H38IN5O. The van der Waals surface area contributed by atoms with Crippen molar-refractivity contribution in [2.24, 2.45) is 16.8 Å². The number of pyridine rings is 1. The first kappa shape index (κ1) is 24.9. The SMILES string of the molecule is CN=C(NCC(c1cccnc1)C(C)C)NC1CCN(C(=O)C2CCCCC2)C1.I. The summed E-state index contributed by atoms with van der Waals surface area (Å²) in [6.07, 6.45) is 10.6. The molecule has 3 rings (SSSR count). The summed E-state index contributed by atoms with van der Waals surface area (Å²) in [6, 6.07) is 4.40. The van der Waals surface area contributed by atoms with Crippen molar-refractivity contribution in [1.29, 1.82) is 0 Å². The van der Waals surface area contributed by atoms with Gasteiger partial charge in [0, 0.05) is 57.0 Å². The van der Waals surface area contributed by atoms with Crippen LogP contribution in [0.5, 0.6) is 0 Å². The van der Waals surface area contributed by atoms with Gasteiger partial charge in [0.1, 0.15) is 0 Å². The maximum absolute atomic E-state index is 12.8. The average molecular weight is 527 g/mol. The predicted molar refractivity (Wildman–Crippen MR) is 133 cm³/mol. The van der Waals surface area contributed by atoms with Crippen molar-refractivity contribution in [3.63, 3.8) is 0 Å². The minimum Gasteiger partial charge on any atom is -0.356 e. The third-order valence-corrected chi connectivity index (χ3v) is 6.43. The van der Waals surface area contributed by atoms with Gasteiger partial charge in [-0.3, -0.25) is 14.8 Å². The summed E-state index contributed by atoms with van der Waals surface area (Å²) < 4.78 is 0. The molecule has 2 aliphatic rings. The summed E-state index contributed by atoms with van der Waals surface area (Å²) in [5, 5.41) is 7.02. The molecular weight excluding hydrogens is 489 g/mol. The minimum atomic E-state index is 0. The number of halogens is 1. The Balaban J connectivity index is 0.00000320. The van der Waals surface area contributed by atoms with Crippen molar-refractivity contribution in [1.82, 2.24) is 20.5 Å². The van der Waals surface area contributed by atoms with Gasteiger partial charge in [-0.2, -0.15) is 0 Å². The number of rotatable bonds is 6. The number of nitrogens with zero attached hydrogens (tertiary/aromatic N) is 3. The molecule has 1 amide bonds. The van der Waals surface area contributed by atoms with Crippen LogP contribution in [0.4, 0.5) is 0 Å². The van der Waals surface area contributed by atoms with Crippen LogP contribution in [-0.4, -0.2) is 54.5 Å². The Bertz CT molecular complexity index is 675. The second-order valence-corrected chi connectivity index (χ2v) is 8.84. The lowest BCUT2D eigenvalue weighted by Gasteiger charge is -2.27. The molecule has 1 saturated heterocycles. The molecule has 7 heteroatoms. The normalized spacial score (nSPS) is 21.3. The number of likely N-dealkylation sites (tertiary alicyclic amines) is 1. The third-order valence-electron chi connectivity index (χ3n) is 6.43. The molecule has 0 radical (unpaired) electrons. The summed E-state index contributed by atoms with van der Waals surface area (Å²) in [6.45, 7) is 6.92. The summed E-state index contributed by atoms with van der Waals surface area (Å²) in [5.74, 6) is 2.31. The minimum absolute atomic E-state index is 0. The molecule has 1 saturated carbocycles. The maximum Gasteiger partial charge on any atom is 0.225 e. The molecule has 0 spiro atoms. The van der Waals surface area contributed by atoms with E-state index in [-0.39, 0.29) is 35.9 Å². The van der Waals surface area contributed by atoms with Crippen molar-refractivity contribution < 1.29 is 4.79 Å². The van der Waals surface area contributed by atoms with E-state index >= 15 is 0 Å². The van der Waals surface area contributed by atoms with E-state index in [1.165, 1.54) is 24.8 Å². The highest BCUT2D eigenvalue weighted by Gasteiger charge is 2.31. The quantitative estimate of drug-likeness (QED) is 0.336. The molecule has 0 bridgehead atoms. The van der Waals surface area contributed by atoms with Gasteiger partial charge in [0.25, 0.3) is 0 Å². The lowest BCUT2D eigenvalue weighted by Crippen LogP contribution is -2.46. The maximum atomic E-state index is 12.8. The Morgan fingerprint density at radius 2 is 2.03 bits per heavy atom. The van der Waals surface area contributed by atoms with E-state index < -0.39 is 0 Å². The fourth-order valence-electron chi connectivity index (χ4n) is 4.61. The molecule has 1 aliphatic carbocycles. The number of nitrogens with one attached hydrogen (secondary N) is 2. The fraction of sp³-hybridized carbons (Fsp3) is 0.696. The van der Waals surface area contributed by atoms with Crippen LogP contribution in [-0.2, 0) is 4.79 Å². The molecule has 6 nitrogen and oxygen atoms in total. The predicted octanol–water partition coefficient (Wildman–Crippen LogP) is 3.79. The molecule has 1 aromatic rings. The van der Waals surface area contributed by atoms with Gasteiger partial charge in [-0.05, 0) is 36.8 Å². The van der Waals surface area contributed by atoms with Gasteiger partial charge in [0.2, 0.25) is 5.91 Å². The van der Waals surface area contributed by atoms with Gasteiger partial charge in [0.15, 0.2) is 5.96 Å². The zero-order valence-corrected chi connectivity index (χ0v) is 21.0. The molecule has 30 heavy (non-hydrogen) atoms. The number of aliphatic imine (C=N–C) groups is 1. The van der Waals surface area contributed by atoms with E-state index in [2.05, 4.69) is 45.4 Å². The molecule has 2 unspecified atom stereocenters. The Kier molecular flexibility index (Phi) is 10.3. The topological polar surface area (TPSA) is 69.6 Å². The van der Waals surface area contributed by atoms with Crippen LogP contribution < -0.4 is 10.6 Å². The number of hydrogen-bond acceptors (Lipinski definition) is 3. The first-order chi connectivity index (χ1) is 14.1. The zero-order chi connectivity index (χ0) is 20.6. The van der Waals surface area contributed by atoms with Gasteiger partial charge in [-0.15, -0.1) is 24.0 Å². The lowest BCUT2D eigenvalue weighted by molar-refractivity contribution is -0.135. The van der Waals surface area contributed by atoms with Gasteiger partial charge in [0.05, 0.1) is 0 Å². The molecule has 2 heterocycles. The first-order valence-corrected chi connectivity index (χ1v) is 11.2. The summed E-state index contributed by atoms with van der Waals surface area (Å²) in [5.41, 5.74) is 1.25. The van der Waals surface area contributed by atoms with Crippen LogP contribution in [0.1, 0.15) is 63.9 Å². The number of aromatic nitrogens is 1. The summed E-state index contributed by atoms with van der Waals surface area (Å²) >= 11 is 0. The van der Waals surface area contributed by atoms with Crippen molar-refractivity contribution in [3.05, 3.63) is 30.1 Å². The number of amides is 1. The molecule has 168 valence electrons. The first-order valence-electron chi connectivity index (χ1n) is 11.2. The molecule has 2 fully saturated rings. The fourth-order valence-corrected chi connectivity index (χ4v) is 4.61. The van der Waals surface area contributed by atoms with Crippen LogP contribution in [0.3, 0.4) is 0 Å². The standard InChI is InChI=1S/C23H37N5O.HI/c1-17(2)21(19-10-7-12-25-14-19)15-26-23(24-3)27-20-11-13-28(16-20)22(29)18-8-5-4-6-9-18;/h7,10,12,14,17-18,20-21H,4-6,8-9,11,13,15-16H2,1-3H3,(H2,24,26,27);1H. The van der Waals surface area contributed by atoms with E-state index in [0.29, 0.717) is 17.7 Å². The van der Waals surface area contributed by atoms with Gasteiger partial charge >= 0.3 is 0 Å². The Morgan fingerprint density at radius 3 is 2.67 bits per heavy atom. The van der Waals surface area contributed by atoms with Crippen LogP contribution >= 0.6 is 24.0 Å². The van der Waals surface area contributed by atoms with E-state index in [1.807, 2.05) is 25.5 Å². The second kappa shape index (κ2) is 12.5. The van der Waals surface area contributed by atoms with Crippen molar-refractivity contribution in [2.45, 2.75) is 64.3 Å². The molecule has 1 aliphatic heterocycles. The number of guanidine groups is 1. The smallest absolute Gasteiger partial charge is 0.225 e. The Morgan fingerprint density at radius 1 is 1.27 bits per heavy atom. The average Bonchev–Trinajstić information content (AvgIpc) is 3.22. The summed E-state index contributed by atoms with van der Waals surface area (Å²) in [7, 11) is 1.81. The largest absolute Gasteiger partial charge is 0.356 e. The highest BCUT2D eigenvalue weighted by Crippen LogP contribution is 2.27. The van der Waals surface area contributed by atoms with Gasteiger partial charge < -0.3 is 15.5 Å². The molecule has 1 aromatic heterocycles. The van der Waals surface area contributed by atoms with E-state index in [9.17, 15) is 4.79 Å². The Hall–Kier alpha value is -1.38. The van der Waals surface area contributed by atoms with E-state index in [1.54, 1.807) is 0 Å². The van der Waals surface area contributed by atoms with Gasteiger partial charge in [-0.1, -0.05) is 39.2 Å². The van der Waals surface area contributed by atoms with Crippen LogP contribution in [0.15, 0.2) is 29.5 Å². The lowest BCUT2D eigenvalue weighted by atomic mass is 9.88. The third kappa shape index (κ3) is 6.82. The van der Waals surface area contributed by atoms with E-state index in [4.69, 9.17) is 0 Å². The van der Waals surface area contributed by atoms with E-state index in [0.717, 1.165) is 44.9 Å². The molecule has 0 aromatic carbocycles. The Labute approximate surface area is 198 Å². The van der Waals surface area contributed by atoms with Gasteiger partial charge in [-0.25, -0.2) is 0 Å². The second-order valence-electron chi connectivity index (χ2n) is 8.84. The van der Waals surface area contributed by atoms with Crippen molar-refractivity contribution in [2.75, 3.05) is 26.7 Å². The van der Waals surface area contributed by atoms with Crippen LogP contribution in [0.25, 0.3) is 0 Å². The number of hydrogen-bond donors (Lipinski definition) is 2. The highest BCUT2D eigenvalue weighted by atomic mass is 127. The number of carbonyl (C=O) groups excluding carboxylic acids is 1.